The fourth-order valence-corrected chi connectivity index (χ4v) is 1.99. The van der Waals surface area contributed by atoms with Gasteiger partial charge in [-0.1, -0.05) is 25.1 Å². The summed E-state index contributed by atoms with van der Waals surface area (Å²) >= 11 is 0. The predicted molar refractivity (Wildman–Crippen MR) is 72.5 cm³/mol. The summed E-state index contributed by atoms with van der Waals surface area (Å²) in [5.41, 5.74) is 0.997. The van der Waals surface area contributed by atoms with Crippen LogP contribution in [0.1, 0.15) is 18.5 Å². The zero-order chi connectivity index (χ0) is 13.0. The minimum absolute atomic E-state index is 0.249. The van der Waals surface area contributed by atoms with Crippen molar-refractivity contribution in [1.82, 2.24) is 5.32 Å². The highest BCUT2D eigenvalue weighted by molar-refractivity contribution is 5.84. The Balaban J connectivity index is 2.41. The van der Waals surface area contributed by atoms with Gasteiger partial charge in [0.2, 0.25) is 0 Å². The number of nitriles is 1. The van der Waals surface area contributed by atoms with Gasteiger partial charge < -0.3 is 4.74 Å². The monoisotopic (exact) mass is 240 g/mol. The van der Waals surface area contributed by atoms with E-state index in [2.05, 4.69) is 11.4 Å². The maximum absolute atomic E-state index is 9.13. The minimum atomic E-state index is -0.249. The van der Waals surface area contributed by atoms with Gasteiger partial charge in [-0.2, -0.15) is 5.26 Å². The van der Waals surface area contributed by atoms with Gasteiger partial charge >= 0.3 is 0 Å². The molecule has 0 fully saturated rings. The van der Waals surface area contributed by atoms with Gasteiger partial charge in [-0.25, -0.2) is 0 Å². The maximum Gasteiger partial charge on any atom is 0.121 e. The average molecular weight is 240 g/mol. The molecule has 92 valence electrons. The molecule has 3 nitrogen and oxygen atoms in total. The number of benzene rings is 2. The summed E-state index contributed by atoms with van der Waals surface area (Å²) in [5.74, 6) is 0.846. The van der Waals surface area contributed by atoms with Crippen molar-refractivity contribution in [2.24, 2.45) is 0 Å². The first-order chi connectivity index (χ1) is 8.78. The van der Waals surface area contributed by atoms with Gasteiger partial charge in [0.05, 0.1) is 13.2 Å². The normalized spacial score (nSPS) is 12.1. The first kappa shape index (κ1) is 12.4. The van der Waals surface area contributed by atoms with Crippen LogP contribution in [0, 0.1) is 11.3 Å². The molecule has 3 heteroatoms. The standard InChI is InChI=1S/C15H16N2O/c1-3-17-15(10-16)13-5-4-12-9-14(18-2)7-6-11(12)8-13/h4-9,15,17H,3H2,1-2H3. The molecule has 18 heavy (non-hydrogen) atoms. The van der Waals surface area contributed by atoms with Crippen LogP contribution >= 0.6 is 0 Å². The summed E-state index contributed by atoms with van der Waals surface area (Å²) < 4.78 is 5.20. The van der Waals surface area contributed by atoms with Crippen molar-refractivity contribution < 1.29 is 4.74 Å². The Labute approximate surface area is 107 Å². The summed E-state index contributed by atoms with van der Waals surface area (Å²) in [4.78, 5) is 0. The zero-order valence-electron chi connectivity index (χ0n) is 10.6. The largest absolute Gasteiger partial charge is 0.497 e. The highest BCUT2D eigenvalue weighted by atomic mass is 16.5. The lowest BCUT2D eigenvalue weighted by Gasteiger charge is -2.11. The SMILES string of the molecule is CCNC(C#N)c1ccc2cc(OC)ccc2c1. The Morgan fingerprint density at radius 3 is 2.61 bits per heavy atom. The highest BCUT2D eigenvalue weighted by Crippen LogP contribution is 2.24. The molecule has 2 rings (SSSR count). The summed E-state index contributed by atoms with van der Waals surface area (Å²) in [7, 11) is 1.66. The van der Waals surface area contributed by atoms with E-state index in [9.17, 15) is 0 Å². The maximum atomic E-state index is 9.13. The van der Waals surface area contributed by atoms with E-state index in [1.807, 2.05) is 43.3 Å². The number of hydrogen-bond acceptors (Lipinski definition) is 3. The molecule has 0 aliphatic heterocycles. The van der Waals surface area contributed by atoms with Gasteiger partial charge in [-0.15, -0.1) is 0 Å². The lowest BCUT2D eigenvalue weighted by atomic mass is 10.0. The van der Waals surface area contributed by atoms with Gasteiger partial charge in [-0.05, 0) is 41.1 Å². The van der Waals surface area contributed by atoms with Crippen molar-refractivity contribution >= 4 is 10.8 Å². The molecule has 0 aliphatic carbocycles. The highest BCUT2D eigenvalue weighted by Gasteiger charge is 2.09. The molecule has 0 heterocycles. The molecule has 0 aliphatic rings. The summed E-state index contributed by atoms with van der Waals surface area (Å²) in [6, 6.07) is 14.0. The second-order valence-electron chi connectivity index (χ2n) is 4.09. The molecule has 1 unspecified atom stereocenters. The van der Waals surface area contributed by atoms with Gasteiger partial charge in [0.25, 0.3) is 0 Å². The molecule has 0 saturated carbocycles. The van der Waals surface area contributed by atoms with E-state index in [-0.39, 0.29) is 6.04 Å². The molecule has 0 radical (unpaired) electrons. The predicted octanol–water partition coefficient (Wildman–Crippen LogP) is 3.02. The third kappa shape index (κ3) is 2.44. The third-order valence-electron chi connectivity index (χ3n) is 2.94. The smallest absolute Gasteiger partial charge is 0.121 e. The molecule has 2 aromatic carbocycles. The van der Waals surface area contributed by atoms with Crippen LogP contribution in [-0.2, 0) is 0 Å². The van der Waals surface area contributed by atoms with E-state index in [1.54, 1.807) is 7.11 Å². The van der Waals surface area contributed by atoms with Gasteiger partial charge in [0.15, 0.2) is 0 Å². The topological polar surface area (TPSA) is 45.0 Å². The van der Waals surface area contributed by atoms with E-state index < -0.39 is 0 Å². The van der Waals surface area contributed by atoms with Crippen molar-refractivity contribution in [3.63, 3.8) is 0 Å². The Morgan fingerprint density at radius 2 is 1.94 bits per heavy atom. The Bertz CT molecular complexity index is 587. The van der Waals surface area contributed by atoms with Crippen molar-refractivity contribution in [3.05, 3.63) is 42.0 Å². The number of nitrogens with one attached hydrogen (secondary N) is 1. The lowest BCUT2D eigenvalue weighted by molar-refractivity contribution is 0.415. The van der Waals surface area contributed by atoms with Crippen molar-refractivity contribution in [1.29, 1.82) is 5.26 Å². The number of fused-ring (bicyclic) bond motifs is 1. The molecule has 0 bridgehead atoms. The second-order valence-corrected chi connectivity index (χ2v) is 4.09. The van der Waals surface area contributed by atoms with Crippen LogP contribution in [0.25, 0.3) is 10.8 Å². The van der Waals surface area contributed by atoms with Gasteiger partial charge in [-0.3, -0.25) is 5.32 Å². The second kappa shape index (κ2) is 5.52. The molecule has 0 spiro atoms. The fourth-order valence-electron chi connectivity index (χ4n) is 1.99. The van der Waals surface area contributed by atoms with E-state index in [0.717, 1.165) is 28.6 Å². The van der Waals surface area contributed by atoms with E-state index in [1.165, 1.54) is 0 Å². The fraction of sp³-hybridized carbons (Fsp3) is 0.267. The number of nitrogens with zero attached hydrogens (tertiary/aromatic N) is 1. The molecule has 0 saturated heterocycles. The van der Waals surface area contributed by atoms with E-state index in [0.29, 0.717) is 0 Å². The van der Waals surface area contributed by atoms with E-state index >= 15 is 0 Å². The quantitative estimate of drug-likeness (QED) is 0.893. The van der Waals surface area contributed by atoms with Crippen LogP contribution in [0.4, 0.5) is 0 Å². The third-order valence-corrected chi connectivity index (χ3v) is 2.94. The first-order valence-electron chi connectivity index (χ1n) is 5.99. The summed E-state index contributed by atoms with van der Waals surface area (Å²) in [6.45, 7) is 2.77. The number of methoxy groups -OCH3 is 1. The minimum Gasteiger partial charge on any atom is -0.497 e. The Kier molecular flexibility index (Phi) is 3.81. The summed E-state index contributed by atoms with van der Waals surface area (Å²) in [5, 5.41) is 14.5. The molecular formula is C15H16N2O. The molecular weight excluding hydrogens is 224 g/mol. The van der Waals surface area contributed by atoms with Crippen molar-refractivity contribution in [3.8, 4) is 11.8 Å². The lowest BCUT2D eigenvalue weighted by Crippen LogP contribution is -2.19. The van der Waals surface area contributed by atoms with Crippen LogP contribution in [0.2, 0.25) is 0 Å². The van der Waals surface area contributed by atoms with Crippen LogP contribution < -0.4 is 10.1 Å². The number of rotatable bonds is 4. The molecule has 1 atom stereocenters. The van der Waals surface area contributed by atoms with Crippen molar-refractivity contribution in [2.75, 3.05) is 13.7 Å². The molecule has 0 amide bonds. The molecule has 1 N–H and O–H groups in total. The Hall–Kier alpha value is -2.05. The van der Waals surface area contributed by atoms with Crippen LogP contribution in [-0.4, -0.2) is 13.7 Å². The van der Waals surface area contributed by atoms with Gasteiger partial charge in [0.1, 0.15) is 11.8 Å². The van der Waals surface area contributed by atoms with Crippen LogP contribution in [0.5, 0.6) is 5.75 Å². The number of hydrogen-bond donors (Lipinski definition) is 1. The molecule has 2 aromatic rings. The number of ether oxygens (including phenoxy) is 1. The first-order valence-corrected chi connectivity index (χ1v) is 5.99. The zero-order valence-corrected chi connectivity index (χ0v) is 10.6. The van der Waals surface area contributed by atoms with Gasteiger partial charge in [0, 0.05) is 0 Å². The average Bonchev–Trinajstić information content (AvgIpc) is 2.43. The summed E-state index contributed by atoms with van der Waals surface area (Å²) in [6.07, 6.45) is 0. The van der Waals surface area contributed by atoms with E-state index in [4.69, 9.17) is 10.00 Å². The molecule has 0 aromatic heterocycles. The van der Waals surface area contributed by atoms with Crippen LogP contribution in [0.3, 0.4) is 0 Å². The Morgan fingerprint density at radius 1 is 1.22 bits per heavy atom. The van der Waals surface area contributed by atoms with Crippen molar-refractivity contribution in [2.45, 2.75) is 13.0 Å². The van der Waals surface area contributed by atoms with Crippen LogP contribution in [0.15, 0.2) is 36.4 Å².